The monoisotopic (exact) mass is 445 g/mol. The summed E-state index contributed by atoms with van der Waals surface area (Å²) in [5.41, 5.74) is 0.640. The van der Waals surface area contributed by atoms with Crippen LogP contribution in [0.3, 0.4) is 0 Å². The predicted octanol–water partition coefficient (Wildman–Crippen LogP) is 0.958. The van der Waals surface area contributed by atoms with Gasteiger partial charge in [0.15, 0.2) is 6.61 Å². The highest BCUT2D eigenvalue weighted by Gasteiger charge is 2.32. The first-order valence-electron chi connectivity index (χ1n) is 8.98. The number of hydrogen-bond acceptors (Lipinski definition) is 7. The van der Waals surface area contributed by atoms with Gasteiger partial charge in [0.2, 0.25) is 10.0 Å². The number of benzene rings is 2. The van der Waals surface area contributed by atoms with E-state index >= 15 is 0 Å². The van der Waals surface area contributed by atoms with Crippen LogP contribution in [0.25, 0.3) is 0 Å². The lowest BCUT2D eigenvalue weighted by Crippen LogP contribution is -2.24. The second-order valence-corrected chi connectivity index (χ2v) is 9.02. The third kappa shape index (κ3) is 4.32. The summed E-state index contributed by atoms with van der Waals surface area (Å²) in [6, 6.07) is 9.52. The molecule has 31 heavy (non-hydrogen) atoms. The minimum absolute atomic E-state index is 0.0274. The lowest BCUT2D eigenvalue weighted by atomic mass is 10.1. The van der Waals surface area contributed by atoms with Crippen LogP contribution in [-0.2, 0) is 19.6 Å². The molecule has 1 heterocycles. The van der Waals surface area contributed by atoms with Gasteiger partial charge in [0.25, 0.3) is 17.7 Å². The van der Waals surface area contributed by atoms with Gasteiger partial charge in [-0.2, -0.15) is 0 Å². The first kappa shape index (κ1) is 22.1. The number of hydrogen-bond donors (Lipinski definition) is 1. The SMILES string of the molecule is CN1C(=O)c2ccc(NC(=O)COC(=O)c3cccc(S(=O)(=O)N(C)C)c3)cc2C1=O. The summed E-state index contributed by atoms with van der Waals surface area (Å²) in [5, 5.41) is 2.48. The Kier molecular flexibility index (Phi) is 5.91. The molecule has 10 nitrogen and oxygen atoms in total. The Labute approximate surface area is 178 Å². The second kappa shape index (κ2) is 8.28. The number of imide groups is 1. The van der Waals surface area contributed by atoms with Crippen molar-refractivity contribution in [2.24, 2.45) is 0 Å². The minimum Gasteiger partial charge on any atom is -0.452 e. The molecule has 3 amide bonds. The molecule has 0 aromatic heterocycles. The highest BCUT2D eigenvalue weighted by atomic mass is 32.2. The molecule has 0 bridgehead atoms. The Morgan fingerprint density at radius 1 is 1.03 bits per heavy atom. The topological polar surface area (TPSA) is 130 Å². The van der Waals surface area contributed by atoms with Crippen molar-refractivity contribution >= 4 is 39.4 Å². The smallest absolute Gasteiger partial charge is 0.338 e. The molecular formula is C20H19N3O7S. The molecule has 1 aliphatic rings. The van der Waals surface area contributed by atoms with Crippen LogP contribution in [0.2, 0.25) is 0 Å². The second-order valence-electron chi connectivity index (χ2n) is 6.87. The summed E-state index contributed by atoms with van der Waals surface area (Å²) in [6.45, 7) is -0.632. The number of amides is 3. The van der Waals surface area contributed by atoms with Crippen molar-refractivity contribution in [2.75, 3.05) is 33.1 Å². The lowest BCUT2D eigenvalue weighted by molar-refractivity contribution is -0.119. The molecule has 1 aliphatic heterocycles. The highest BCUT2D eigenvalue weighted by Crippen LogP contribution is 2.24. The van der Waals surface area contributed by atoms with Gasteiger partial charge in [-0.1, -0.05) is 6.07 Å². The summed E-state index contributed by atoms with van der Waals surface area (Å²) in [6.07, 6.45) is 0. The molecule has 3 rings (SSSR count). The van der Waals surface area contributed by atoms with Gasteiger partial charge < -0.3 is 10.1 Å². The summed E-state index contributed by atoms with van der Waals surface area (Å²) >= 11 is 0. The first-order valence-corrected chi connectivity index (χ1v) is 10.4. The Balaban J connectivity index is 1.64. The largest absolute Gasteiger partial charge is 0.452 e. The van der Waals surface area contributed by atoms with Crippen molar-refractivity contribution in [3.8, 4) is 0 Å². The van der Waals surface area contributed by atoms with Crippen LogP contribution in [-0.4, -0.2) is 69.1 Å². The quantitative estimate of drug-likeness (QED) is 0.518. The van der Waals surface area contributed by atoms with Gasteiger partial charge >= 0.3 is 5.97 Å². The molecule has 2 aromatic rings. The van der Waals surface area contributed by atoms with E-state index in [1.54, 1.807) is 0 Å². The molecule has 11 heteroatoms. The number of carbonyl (C=O) groups excluding carboxylic acids is 4. The van der Waals surface area contributed by atoms with Crippen molar-refractivity contribution in [1.82, 2.24) is 9.21 Å². The van der Waals surface area contributed by atoms with Crippen LogP contribution in [0, 0.1) is 0 Å². The Hall–Kier alpha value is -3.57. The third-order valence-electron chi connectivity index (χ3n) is 4.56. The zero-order chi connectivity index (χ0) is 22.9. The molecule has 0 radical (unpaired) electrons. The number of nitrogens with zero attached hydrogens (tertiary/aromatic N) is 2. The maximum absolute atomic E-state index is 12.2. The zero-order valence-corrected chi connectivity index (χ0v) is 17.7. The molecule has 0 fully saturated rings. The molecule has 0 saturated carbocycles. The Bertz CT molecular complexity index is 1210. The van der Waals surface area contributed by atoms with E-state index in [2.05, 4.69) is 5.32 Å². The molecule has 1 N–H and O–H groups in total. The molecule has 0 aliphatic carbocycles. The van der Waals surface area contributed by atoms with Gasteiger partial charge in [-0.15, -0.1) is 0 Å². The van der Waals surface area contributed by atoms with E-state index in [9.17, 15) is 27.6 Å². The van der Waals surface area contributed by atoms with Crippen LogP contribution >= 0.6 is 0 Å². The van der Waals surface area contributed by atoms with Crippen LogP contribution in [0.5, 0.6) is 0 Å². The van der Waals surface area contributed by atoms with E-state index in [-0.39, 0.29) is 27.3 Å². The molecule has 0 unspecified atom stereocenters. The number of esters is 1. The molecule has 0 spiro atoms. The highest BCUT2D eigenvalue weighted by molar-refractivity contribution is 7.89. The molecule has 2 aromatic carbocycles. The van der Waals surface area contributed by atoms with Gasteiger partial charge in [0, 0.05) is 26.8 Å². The fraction of sp³-hybridized carbons (Fsp3) is 0.200. The number of nitrogens with one attached hydrogen (secondary N) is 1. The van der Waals surface area contributed by atoms with Gasteiger partial charge in [-0.05, 0) is 36.4 Å². The van der Waals surface area contributed by atoms with E-state index in [1.165, 1.54) is 57.5 Å². The van der Waals surface area contributed by atoms with E-state index in [0.717, 1.165) is 15.3 Å². The Morgan fingerprint density at radius 3 is 2.39 bits per heavy atom. The minimum atomic E-state index is -3.73. The van der Waals surface area contributed by atoms with E-state index in [4.69, 9.17) is 4.74 Å². The summed E-state index contributed by atoms with van der Waals surface area (Å²) < 4.78 is 30.3. The number of ether oxygens (including phenoxy) is 1. The van der Waals surface area contributed by atoms with Crippen molar-refractivity contribution in [1.29, 1.82) is 0 Å². The average molecular weight is 445 g/mol. The van der Waals surface area contributed by atoms with Crippen molar-refractivity contribution < 1.29 is 32.3 Å². The van der Waals surface area contributed by atoms with E-state index < -0.39 is 40.3 Å². The van der Waals surface area contributed by atoms with Crippen molar-refractivity contribution in [3.05, 3.63) is 59.2 Å². The van der Waals surface area contributed by atoms with Crippen molar-refractivity contribution in [2.45, 2.75) is 4.90 Å². The van der Waals surface area contributed by atoms with Gasteiger partial charge in [-0.3, -0.25) is 19.3 Å². The Morgan fingerprint density at radius 2 is 1.71 bits per heavy atom. The first-order chi connectivity index (χ1) is 14.5. The van der Waals surface area contributed by atoms with Crippen LogP contribution in [0.15, 0.2) is 47.4 Å². The number of anilines is 1. The summed E-state index contributed by atoms with van der Waals surface area (Å²) in [5.74, 6) is -2.45. The summed E-state index contributed by atoms with van der Waals surface area (Å²) in [4.78, 5) is 49.2. The van der Waals surface area contributed by atoms with Gasteiger partial charge in [0.05, 0.1) is 21.6 Å². The van der Waals surface area contributed by atoms with Gasteiger partial charge in [-0.25, -0.2) is 17.5 Å². The normalized spacial score (nSPS) is 13.4. The number of sulfonamides is 1. The van der Waals surface area contributed by atoms with E-state index in [1.807, 2.05) is 0 Å². The number of carbonyl (C=O) groups is 4. The fourth-order valence-corrected chi connectivity index (χ4v) is 3.79. The molecule has 0 atom stereocenters. The number of rotatable bonds is 6. The zero-order valence-electron chi connectivity index (χ0n) is 16.9. The van der Waals surface area contributed by atoms with Crippen LogP contribution in [0.4, 0.5) is 5.69 Å². The van der Waals surface area contributed by atoms with Crippen LogP contribution < -0.4 is 5.32 Å². The molecule has 162 valence electrons. The fourth-order valence-electron chi connectivity index (χ4n) is 2.84. The van der Waals surface area contributed by atoms with E-state index in [0.29, 0.717) is 0 Å². The average Bonchev–Trinajstić information content (AvgIpc) is 2.95. The van der Waals surface area contributed by atoms with Crippen LogP contribution in [0.1, 0.15) is 31.1 Å². The maximum atomic E-state index is 12.2. The number of fused-ring (bicyclic) bond motifs is 1. The predicted molar refractivity (Wildman–Crippen MR) is 109 cm³/mol. The standard InChI is InChI=1S/C20H19N3O7S/c1-22(2)31(28,29)14-6-4-5-12(9-14)20(27)30-11-17(24)21-13-7-8-15-16(10-13)19(26)23(3)18(15)25/h4-10H,11H2,1-3H3,(H,21,24). The molecule has 0 saturated heterocycles. The lowest BCUT2D eigenvalue weighted by Gasteiger charge is -2.12. The third-order valence-corrected chi connectivity index (χ3v) is 6.37. The van der Waals surface area contributed by atoms with Gasteiger partial charge in [0.1, 0.15) is 0 Å². The molecular weight excluding hydrogens is 426 g/mol. The maximum Gasteiger partial charge on any atom is 0.338 e. The summed E-state index contributed by atoms with van der Waals surface area (Å²) in [7, 11) is 0.364. The van der Waals surface area contributed by atoms with Crippen molar-refractivity contribution in [3.63, 3.8) is 0 Å².